The molecule has 0 heterocycles. The Morgan fingerprint density at radius 3 is 2.42 bits per heavy atom. The molecule has 0 aliphatic rings. The largest absolute Gasteiger partial charge is 0.354 e. The third-order valence-electron chi connectivity index (χ3n) is 5.75. The van der Waals surface area contributed by atoms with Crippen molar-refractivity contribution in [3.8, 4) is 0 Å². The molecule has 3 aromatic carbocycles. The van der Waals surface area contributed by atoms with Gasteiger partial charge in [-0.1, -0.05) is 96.4 Å². The first-order chi connectivity index (χ1) is 17.4. The Morgan fingerprint density at radius 1 is 0.972 bits per heavy atom. The molecule has 0 aliphatic carbocycles. The van der Waals surface area contributed by atoms with Crippen LogP contribution in [-0.2, 0) is 28.3 Å². The van der Waals surface area contributed by atoms with Crippen LogP contribution in [0.4, 0.5) is 0 Å². The lowest BCUT2D eigenvalue weighted by Crippen LogP contribution is -2.51. The van der Waals surface area contributed by atoms with E-state index in [-0.39, 0.29) is 24.1 Å². The van der Waals surface area contributed by atoms with E-state index in [2.05, 4.69) is 30.4 Å². The number of rotatable bonds is 12. The van der Waals surface area contributed by atoms with Crippen LogP contribution in [0.2, 0.25) is 10.0 Å². The van der Waals surface area contributed by atoms with Crippen molar-refractivity contribution >= 4 is 46.8 Å². The van der Waals surface area contributed by atoms with Crippen LogP contribution in [0.3, 0.4) is 0 Å². The Morgan fingerprint density at radius 2 is 1.72 bits per heavy atom. The van der Waals surface area contributed by atoms with Gasteiger partial charge in [0.2, 0.25) is 11.8 Å². The number of aryl methyl sites for hydroxylation is 1. The Labute approximate surface area is 228 Å². The summed E-state index contributed by atoms with van der Waals surface area (Å²) >= 11 is 14.1. The van der Waals surface area contributed by atoms with E-state index in [1.54, 1.807) is 28.8 Å². The molecule has 36 heavy (non-hydrogen) atoms. The van der Waals surface area contributed by atoms with E-state index >= 15 is 0 Å². The lowest BCUT2D eigenvalue weighted by molar-refractivity contribution is -0.139. The SMILES string of the molecule is CCCNC(=O)C(Cc1ccccc1)N(Cc1ccc(Cl)cc1Cl)C(=O)CSCc1cccc(C)c1. The van der Waals surface area contributed by atoms with Crippen molar-refractivity contribution in [3.63, 3.8) is 0 Å². The van der Waals surface area contributed by atoms with Gasteiger partial charge in [-0.15, -0.1) is 11.8 Å². The number of hydrogen-bond donors (Lipinski definition) is 1. The van der Waals surface area contributed by atoms with Gasteiger partial charge >= 0.3 is 0 Å². The van der Waals surface area contributed by atoms with Crippen molar-refractivity contribution < 1.29 is 9.59 Å². The minimum Gasteiger partial charge on any atom is -0.354 e. The van der Waals surface area contributed by atoms with E-state index < -0.39 is 6.04 Å². The average molecular weight is 544 g/mol. The summed E-state index contributed by atoms with van der Waals surface area (Å²) in [7, 11) is 0. The fourth-order valence-electron chi connectivity index (χ4n) is 3.89. The number of nitrogens with one attached hydrogen (secondary N) is 1. The van der Waals surface area contributed by atoms with Gasteiger partial charge in [0.15, 0.2) is 0 Å². The van der Waals surface area contributed by atoms with Gasteiger partial charge in [0.05, 0.1) is 5.75 Å². The molecule has 0 saturated heterocycles. The van der Waals surface area contributed by atoms with E-state index in [0.29, 0.717) is 28.8 Å². The zero-order valence-electron chi connectivity index (χ0n) is 20.7. The van der Waals surface area contributed by atoms with Gasteiger partial charge in [0.1, 0.15) is 6.04 Å². The highest BCUT2D eigenvalue weighted by Gasteiger charge is 2.30. The number of carbonyl (C=O) groups excluding carboxylic acids is 2. The standard InChI is InChI=1S/C29H32Cl2N2O2S/c1-3-14-32-29(35)27(16-22-9-5-4-6-10-22)33(18-24-12-13-25(30)17-26(24)31)28(34)20-36-19-23-11-7-8-21(2)15-23/h4-13,15,17,27H,3,14,16,18-20H2,1-2H3,(H,32,35). The van der Waals surface area contributed by atoms with Gasteiger partial charge in [-0.25, -0.2) is 0 Å². The maximum Gasteiger partial charge on any atom is 0.243 e. The summed E-state index contributed by atoms with van der Waals surface area (Å²) in [5, 5.41) is 3.99. The number of nitrogens with zero attached hydrogens (tertiary/aromatic N) is 1. The summed E-state index contributed by atoms with van der Waals surface area (Å²) in [6.07, 6.45) is 1.23. The van der Waals surface area contributed by atoms with Crippen LogP contribution < -0.4 is 5.32 Å². The second-order valence-corrected chi connectivity index (χ2v) is 10.6. The number of hydrogen-bond acceptors (Lipinski definition) is 3. The fraction of sp³-hybridized carbons (Fsp3) is 0.310. The molecule has 0 bridgehead atoms. The Bertz CT molecular complexity index is 1160. The topological polar surface area (TPSA) is 49.4 Å². The highest BCUT2D eigenvalue weighted by atomic mass is 35.5. The molecule has 0 radical (unpaired) electrons. The van der Waals surface area contributed by atoms with Crippen molar-refractivity contribution in [1.29, 1.82) is 0 Å². The van der Waals surface area contributed by atoms with Gasteiger partial charge in [0, 0.05) is 35.3 Å². The highest BCUT2D eigenvalue weighted by molar-refractivity contribution is 7.99. The number of carbonyl (C=O) groups is 2. The summed E-state index contributed by atoms with van der Waals surface area (Å²) < 4.78 is 0. The summed E-state index contributed by atoms with van der Waals surface area (Å²) in [5.41, 5.74) is 4.09. The maximum atomic E-state index is 13.6. The minimum atomic E-state index is -0.669. The Balaban J connectivity index is 1.86. The van der Waals surface area contributed by atoms with E-state index in [1.165, 1.54) is 11.1 Å². The lowest BCUT2D eigenvalue weighted by atomic mass is 10.0. The molecule has 1 atom stereocenters. The minimum absolute atomic E-state index is 0.105. The second-order valence-electron chi connectivity index (χ2n) is 8.74. The summed E-state index contributed by atoms with van der Waals surface area (Å²) in [5.74, 6) is 0.703. The van der Waals surface area contributed by atoms with Crippen LogP contribution in [0.5, 0.6) is 0 Å². The molecule has 7 heteroatoms. The average Bonchev–Trinajstić information content (AvgIpc) is 2.86. The number of thioether (sulfide) groups is 1. The zero-order chi connectivity index (χ0) is 25.9. The molecule has 4 nitrogen and oxygen atoms in total. The van der Waals surface area contributed by atoms with Crippen LogP contribution in [0, 0.1) is 6.92 Å². The van der Waals surface area contributed by atoms with Gasteiger partial charge in [-0.2, -0.15) is 0 Å². The van der Waals surface area contributed by atoms with Gasteiger partial charge in [0.25, 0.3) is 0 Å². The molecule has 1 unspecified atom stereocenters. The quantitative estimate of drug-likeness (QED) is 0.277. The number of benzene rings is 3. The second kappa shape index (κ2) is 14.3. The van der Waals surface area contributed by atoms with Crippen LogP contribution in [0.25, 0.3) is 0 Å². The molecular formula is C29H32Cl2N2O2S. The van der Waals surface area contributed by atoms with Crippen molar-refractivity contribution in [2.24, 2.45) is 0 Å². The van der Waals surface area contributed by atoms with Crippen molar-refractivity contribution in [2.45, 2.75) is 45.0 Å². The van der Waals surface area contributed by atoms with Crippen LogP contribution in [-0.4, -0.2) is 35.1 Å². The molecule has 1 N–H and O–H groups in total. The first-order valence-corrected chi connectivity index (χ1v) is 14.0. The molecule has 2 amide bonds. The first kappa shape index (κ1) is 28.1. The monoisotopic (exact) mass is 542 g/mol. The molecule has 3 rings (SSSR count). The van der Waals surface area contributed by atoms with E-state index in [0.717, 1.165) is 17.5 Å². The fourth-order valence-corrected chi connectivity index (χ4v) is 5.22. The lowest BCUT2D eigenvalue weighted by Gasteiger charge is -2.32. The van der Waals surface area contributed by atoms with Crippen molar-refractivity contribution in [3.05, 3.63) is 105 Å². The third kappa shape index (κ3) is 8.58. The van der Waals surface area contributed by atoms with Crippen molar-refractivity contribution in [1.82, 2.24) is 10.2 Å². The molecular weight excluding hydrogens is 511 g/mol. The predicted octanol–water partition coefficient (Wildman–Crippen LogP) is 6.70. The normalized spacial score (nSPS) is 11.7. The molecule has 0 aliphatic heterocycles. The van der Waals surface area contributed by atoms with E-state index in [1.807, 2.05) is 49.4 Å². The number of halogens is 2. The smallest absolute Gasteiger partial charge is 0.243 e. The molecule has 0 fully saturated rings. The molecule has 0 spiro atoms. The van der Waals surface area contributed by atoms with Gasteiger partial charge < -0.3 is 10.2 Å². The predicted molar refractivity (Wildman–Crippen MR) is 152 cm³/mol. The zero-order valence-corrected chi connectivity index (χ0v) is 23.0. The summed E-state index contributed by atoms with van der Waals surface area (Å²) in [6.45, 7) is 4.83. The maximum absolute atomic E-state index is 13.6. The van der Waals surface area contributed by atoms with E-state index in [4.69, 9.17) is 23.2 Å². The Kier molecular flexibility index (Phi) is 11.2. The van der Waals surface area contributed by atoms with Gasteiger partial charge in [-0.3, -0.25) is 9.59 Å². The number of amides is 2. The Hall–Kier alpha value is -2.47. The van der Waals surface area contributed by atoms with Crippen molar-refractivity contribution in [2.75, 3.05) is 12.3 Å². The molecule has 0 saturated carbocycles. The highest BCUT2D eigenvalue weighted by Crippen LogP contribution is 2.25. The molecule has 0 aromatic heterocycles. The first-order valence-electron chi connectivity index (χ1n) is 12.1. The van der Waals surface area contributed by atoms with Crippen LogP contribution in [0.1, 0.15) is 35.6 Å². The molecule has 3 aromatic rings. The van der Waals surface area contributed by atoms with Gasteiger partial charge in [-0.05, 0) is 42.2 Å². The third-order valence-corrected chi connectivity index (χ3v) is 7.33. The molecule has 190 valence electrons. The van der Waals surface area contributed by atoms with E-state index in [9.17, 15) is 9.59 Å². The summed E-state index contributed by atoms with van der Waals surface area (Å²) in [4.78, 5) is 28.7. The van der Waals surface area contributed by atoms with Crippen LogP contribution >= 0.6 is 35.0 Å². The van der Waals surface area contributed by atoms with Crippen LogP contribution in [0.15, 0.2) is 72.8 Å². The summed E-state index contributed by atoms with van der Waals surface area (Å²) in [6, 6.07) is 22.6.